The minimum absolute atomic E-state index is 0.108. The largest absolute Gasteiger partial charge is 0.388 e. The van der Waals surface area contributed by atoms with Crippen LogP contribution in [-0.4, -0.2) is 13.0 Å². The molecule has 0 spiro atoms. The van der Waals surface area contributed by atoms with Crippen LogP contribution in [0.4, 0.5) is 11.4 Å². The van der Waals surface area contributed by atoms with E-state index in [1.54, 1.807) is 12.1 Å². The molecule has 3 nitrogen and oxygen atoms in total. The van der Waals surface area contributed by atoms with Crippen molar-refractivity contribution in [2.24, 2.45) is 0 Å². The van der Waals surface area contributed by atoms with Crippen LogP contribution >= 0.6 is 15.9 Å². The monoisotopic (exact) mass is 318 g/mol. The van der Waals surface area contributed by atoms with Gasteiger partial charge in [0.15, 0.2) is 0 Å². The van der Waals surface area contributed by atoms with Crippen molar-refractivity contribution in [3.8, 4) is 0 Å². The summed E-state index contributed by atoms with van der Waals surface area (Å²) in [6.45, 7) is 1.96. The Morgan fingerprint density at radius 1 is 1.11 bits per heavy atom. The molecule has 0 aliphatic carbocycles. The second kappa shape index (κ2) is 5.89. The molecule has 2 rings (SSSR count). The SMILES string of the molecule is CNc1ccc(C(=O)Nc2cccc(Br)c2C)cc1. The molecule has 0 aliphatic heterocycles. The molecule has 0 aliphatic rings. The summed E-state index contributed by atoms with van der Waals surface area (Å²) in [6, 6.07) is 13.1. The zero-order chi connectivity index (χ0) is 13.8. The first-order valence-electron chi connectivity index (χ1n) is 5.96. The Kier molecular flexibility index (Phi) is 4.22. The number of carbonyl (C=O) groups is 1. The molecule has 0 fully saturated rings. The van der Waals surface area contributed by atoms with E-state index in [4.69, 9.17) is 0 Å². The number of halogens is 1. The highest BCUT2D eigenvalue weighted by molar-refractivity contribution is 9.10. The highest BCUT2D eigenvalue weighted by atomic mass is 79.9. The van der Waals surface area contributed by atoms with E-state index in [-0.39, 0.29) is 5.91 Å². The van der Waals surface area contributed by atoms with Gasteiger partial charge in [0.1, 0.15) is 0 Å². The van der Waals surface area contributed by atoms with E-state index in [0.717, 1.165) is 21.4 Å². The summed E-state index contributed by atoms with van der Waals surface area (Å²) in [6.07, 6.45) is 0. The molecular formula is C15H15BrN2O. The Balaban J connectivity index is 2.18. The van der Waals surface area contributed by atoms with Crippen molar-refractivity contribution >= 4 is 33.2 Å². The minimum Gasteiger partial charge on any atom is -0.388 e. The molecule has 19 heavy (non-hydrogen) atoms. The average Bonchev–Trinajstić information content (AvgIpc) is 2.44. The van der Waals surface area contributed by atoms with E-state index in [1.807, 2.05) is 44.3 Å². The lowest BCUT2D eigenvalue weighted by molar-refractivity contribution is 0.102. The Morgan fingerprint density at radius 2 is 1.79 bits per heavy atom. The van der Waals surface area contributed by atoms with Gasteiger partial charge >= 0.3 is 0 Å². The normalized spacial score (nSPS) is 10.1. The highest BCUT2D eigenvalue weighted by Crippen LogP contribution is 2.24. The fourth-order valence-electron chi connectivity index (χ4n) is 1.73. The standard InChI is InChI=1S/C15H15BrN2O/c1-10-13(16)4-3-5-14(10)18-15(19)11-6-8-12(17-2)9-7-11/h3-9,17H,1-2H3,(H,18,19). The summed E-state index contributed by atoms with van der Waals surface area (Å²) in [5, 5.41) is 5.94. The van der Waals surface area contributed by atoms with Gasteiger partial charge in [-0.3, -0.25) is 4.79 Å². The van der Waals surface area contributed by atoms with Crippen molar-refractivity contribution in [3.63, 3.8) is 0 Å². The molecule has 0 bridgehead atoms. The molecule has 0 aromatic heterocycles. The lowest BCUT2D eigenvalue weighted by Crippen LogP contribution is -2.12. The van der Waals surface area contributed by atoms with E-state index < -0.39 is 0 Å². The van der Waals surface area contributed by atoms with E-state index in [2.05, 4.69) is 26.6 Å². The van der Waals surface area contributed by atoms with Gasteiger partial charge in [0, 0.05) is 28.5 Å². The molecule has 1 amide bonds. The zero-order valence-corrected chi connectivity index (χ0v) is 12.4. The Bertz CT molecular complexity index is 594. The third-order valence-corrected chi connectivity index (χ3v) is 3.81. The van der Waals surface area contributed by atoms with E-state index in [0.29, 0.717) is 5.56 Å². The summed E-state index contributed by atoms with van der Waals surface area (Å²) < 4.78 is 0.982. The number of rotatable bonds is 3. The fourth-order valence-corrected chi connectivity index (χ4v) is 2.09. The first-order chi connectivity index (χ1) is 9.11. The topological polar surface area (TPSA) is 41.1 Å². The smallest absolute Gasteiger partial charge is 0.255 e. The maximum atomic E-state index is 12.1. The number of amides is 1. The van der Waals surface area contributed by atoms with Gasteiger partial charge in [-0.2, -0.15) is 0 Å². The summed E-state index contributed by atoms with van der Waals surface area (Å²) in [4.78, 5) is 12.1. The third-order valence-electron chi connectivity index (χ3n) is 2.95. The first kappa shape index (κ1) is 13.6. The van der Waals surface area contributed by atoms with Crippen LogP contribution in [0.2, 0.25) is 0 Å². The molecule has 98 valence electrons. The van der Waals surface area contributed by atoms with Crippen LogP contribution in [0.3, 0.4) is 0 Å². The lowest BCUT2D eigenvalue weighted by Gasteiger charge is -2.10. The Morgan fingerprint density at radius 3 is 2.42 bits per heavy atom. The van der Waals surface area contributed by atoms with Gasteiger partial charge < -0.3 is 10.6 Å². The van der Waals surface area contributed by atoms with Crippen molar-refractivity contribution in [1.82, 2.24) is 0 Å². The average molecular weight is 319 g/mol. The summed E-state index contributed by atoms with van der Waals surface area (Å²) in [7, 11) is 1.85. The summed E-state index contributed by atoms with van der Waals surface area (Å²) in [5.41, 5.74) is 3.45. The van der Waals surface area contributed by atoms with Gasteiger partial charge in [0.05, 0.1) is 0 Å². The van der Waals surface area contributed by atoms with Crippen LogP contribution in [0.1, 0.15) is 15.9 Å². The maximum absolute atomic E-state index is 12.1. The molecule has 0 saturated carbocycles. The van der Waals surface area contributed by atoms with Gasteiger partial charge in [-0.05, 0) is 48.9 Å². The maximum Gasteiger partial charge on any atom is 0.255 e. The molecule has 0 radical (unpaired) electrons. The molecule has 4 heteroatoms. The highest BCUT2D eigenvalue weighted by Gasteiger charge is 2.08. The molecule has 0 heterocycles. The quantitative estimate of drug-likeness (QED) is 0.896. The number of hydrogen-bond donors (Lipinski definition) is 2. The van der Waals surface area contributed by atoms with Crippen molar-refractivity contribution in [1.29, 1.82) is 0 Å². The van der Waals surface area contributed by atoms with Gasteiger partial charge in [0.2, 0.25) is 0 Å². The van der Waals surface area contributed by atoms with Crippen molar-refractivity contribution in [2.45, 2.75) is 6.92 Å². The van der Waals surface area contributed by atoms with Crippen molar-refractivity contribution in [2.75, 3.05) is 17.7 Å². The molecule has 0 unspecified atom stereocenters. The van der Waals surface area contributed by atoms with Crippen LogP contribution in [-0.2, 0) is 0 Å². The van der Waals surface area contributed by atoms with Crippen LogP contribution in [0.5, 0.6) is 0 Å². The third kappa shape index (κ3) is 3.15. The number of benzene rings is 2. The number of hydrogen-bond acceptors (Lipinski definition) is 2. The molecule has 2 aromatic carbocycles. The first-order valence-corrected chi connectivity index (χ1v) is 6.75. The predicted octanol–water partition coefficient (Wildman–Crippen LogP) is 4.05. The zero-order valence-electron chi connectivity index (χ0n) is 10.8. The second-order valence-corrected chi connectivity index (χ2v) is 5.05. The Labute approximate surface area is 121 Å². The molecular weight excluding hydrogens is 304 g/mol. The second-order valence-electron chi connectivity index (χ2n) is 4.19. The van der Waals surface area contributed by atoms with Crippen molar-refractivity contribution in [3.05, 3.63) is 58.1 Å². The molecule has 0 atom stereocenters. The van der Waals surface area contributed by atoms with Crippen LogP contribution < -0.4 is 10.6 Å². The number of carbonyl (C=O) groups excluding carboxylic acids is 1. The van der Waals surface area contributed by atoms with E-state index in [9.17, 15) is 4.79 Å². The van der Waals surface area contributed by atoms with Gasteiger partial charge in [0.25, 0.3) is 5.91 Å². The number of nitrogens with one attached hydrogen (secondary N) is 2. The lowest BCUT2D eigenvalue weighted by atomic mass is 10.1. The molecule has 0 saturated heterocycles. The van der Waals surface area contributed by atoms with E-state index >= 15 is 0 Å². The molecule has 2 N–H and O–H groups in total. The summed E-state index contributed by atoms with van der Waals surface area (Å²) >= 11 is 3.45. The van der Waals surface area contributed by atoms with Gasteiger partial charge in [-0.1, -0.05) is 22.0 Å². The van der Waals surface area contributed by atoms with Gasteiger partial charge in [-0.25, -0.2) is 0 Å². The van der Waals surface area contributed by atoms with Crippen LogP contribution in [0, 0.1) is 6.92 Å². The predicted molar refractivity (Wildman–Crippen MR) is 82.8 cm³/mol. The fraction of sp³-hybridized carbons (Fsp3) is 0.133. The minimum atomic E-state index is -0.108. The van der Waals surface area contributed by atoms with Gasteiger partial charge in [-0.15, -0.1) is 0 Å². The van der Waals surface area contributed by atoms with Crippen LogP contribution in [0.25, 0.3) is 0 Å². The Hall–Kier alpha value is -1.81. The molecule has 2 aromatic rings. The van der Waals surface area contributed by atoms with Crippen molar-refractivity contribution < 1.29 is 4.79 Å². The van der Waals surface area contributed by atoms with E-state index in [1.165, 1.54) is 0 Å². The summed E-state index contributed by atoms with van der Waals surface area (Å²) in [5.74, 6) is -0.108. The van der Waals surface area contributed by atoms with Crippen LogP contribution in [0.15, 0.2) is 46.9 Å². The number of anilines is 2.